The minimum atomic E-state index is -1.17. The molecular weight excluding hydrogens is 692 g/mol. The molecule has 1 aromatic carbocycles. The first kappa shape index (κ1) is 40.7. The van der Waals surface area contributed by atoms with Gasteiger partial charge in [0.1, 0.15) is 18.2 Å². The van der Waals surface area contributed by atoms with Gasteiger partial charge in [-0.05, 0) is 61.0 Å². The third kappa shape index (κ3) is 10.4. The number of carbonyl (C=O) groups excluding carboxylic acids is 7. The molecule has 4 aliphatic rings. The smallest absolute Gasteiger partial charge is 0.410 e. The molecule has 296 valence electrons. The van der Waals surface area contributed by atoms with Crippen molar-refractivity contribution >= 4 is 41.4 Å². The number of hydrogen-bond donors (Lipinski definition) is 4. The number of nitrogens with one attached hydrogen (secondary N) is 4. The number of nitrogens with zero attached hydrogens (tertiary/aromatic N) is 2. The van der Waals surface area contributed by atoms with Crippen LogP contribution in [0.1, 0.15) is 104 Å². The number of ketones is 2. The lowest BCUT2D eigenvalue weighted by Crippen LogP contribution is -2.61. The molecule has 14 nitrogen and oxygen atoms in total. The highest BCUT2D eigenvalue weighted by Crippen LogP contribution is 2.33. The highest BCUT2D eigenvalue weighted by Gasteiger charge is 2.47. The summed E-state index contributed by atoms with van der Waals surface area (Å²) < 4.78 is 5.96. The van der Waals surface area contributed by atoms with Crippen LogP contribution < -0.4 is 21.3 Å². The van der Waals surface area contributed by atoms with Crippen LogP contribution in [0.4, 0.5) is 9.59 Å². The quantitative estimate of drug-likeness (QED) is 0.197. The standard InChI is InChI=1S/C40H58N6O8/c1-7-8-13-29(33(48)36(50)41-27-16-17-27)42-35(49)30-20-28(54-39(53)45-19-18-24-11-9-10-12-26(24)21-45)22-46(30)37(51)34(40(4,5)6)44-38(52)43-31(23(2)3)32(47)25-14-15-25/h9-12,23,25,27-31,34H,7-8,13-22H2,1-6H3,(H,41,50)(H,42,49)(H2,43,44,52)/t28-,29?,30+,31+,34-/m1/s1. The molecule has 1 unspecified atom stereocenters. The van der Waals surface area contributed by atoms with Crippen molar-refractivity contribution in [1.29, 1.82) is 0 Å². The number of ether oxygens (including phenoxy) is 1. The molecule has 0 spiro atoms. The highest BCUT2D eigenvalue weighted by molar-refractivity contribution is 6.38. The molecule has 14 heteroatoms. The number of amides is 6. The van der Waals surface area contributed by atoms with E-state index in [-0.39, 0.29) is 43.0 Å². The van der Waals surface area contributed by atoms with Gasteiger partial charge < -0.3 is 35.8 Å². The Bertz CT molecular complexity index is 1600. The summed E-state index contributed by atoms with van der Waals surface area (Å²) in [5, 5.41) is 11.0. The fourth-order valence-electron chi connectivity index (χ4n) is 7.15. The molecule has 1 aromatic rings. The number of Topliss-reactive ketones (excluding diaryl/α,β-unsaturated/α-hetero) is 2. The van der Waals surface area contributed by atoms with Gasteiger partial charge in [0.25, 0.3) is 5.91 Å². The van der Waals surface area contributed by atoms with Gasteiger partial charge in [-0.3, -0.25) is 24.0 Å². The van der Waals surface area contributed by atoms with E-state index in [2.05, 4.69) is 21.3 Å². The van der Waals surface area contributed by atoms with Crippen LogP contribution in [-0.2, 0) is 41.7 Å². The second-order valence-corrected chi connectivity index (χ2v) is 16.8. The molecule has 0 bridgehead atoms. The molecule has 2 aliphatic heterocycles. The number of likely N-dealkylation sites (tertiary alicyclic amines) is 1. The largest absolute Gasteiger partial charge is 0.444 e. The van der Waals surface area contributed by atoms with Crippen molar-refractivity contribution in [3.63, 3.8) is 0 Å². The monoisotopic (exact) mass is 750 g/mol. The van der Waals surface area contributed by atoms with Crippen LogP contribution >= 0.6 is 0 Å². The average molecular weight is 751 g/mol. The van der Waals surface area contributed by atoms with Gasteiger partial charge in [0.05, 0.1) is 18.6 Å². The number of unbranched alkanes of at least 4 members (excludes halogenated alkanes) is 1. The SMILES string of the molecule is CCCCC(NC(=O)[C@@H]1C[C@@H](OC(=O)N2CCc3ccccc3C2)CN1C(=O)[C@@H](NC(=O)N[C@H](C(=O)C1CC1)C(C)C)C(C)(C)C)C(=O)C(=O)NC1CC1. The Balaban J connectivity index is 1.35. The first-order chi connectivity index (χ1) is 25.6. The summed E-state index contributed by atoms with van der Waals surface area (Å²) in [5.74, 6) is -3.02. The third-order valence-corrected chi connectivity index (χ3v) is 10.7. The van der Waals surface area contributed by atoms with E-state index < -0.39 is 71.3 Å². The molecule has 3 fully saturated rings. The number of fused-ring (bicyclic) bond motifs is 1. The molecule has 6 amide bonds. The van der Waals surface area contributed by atoms with E-state index in [9.17, 15) is 33.6 Å². The normalized spacial score (nSPS) is 21.3. The molecule has 5 rings (SSSR count). The summed E-state index contributed by atoms with van der Waals surface area (Å²) in [6.45, 7) is 11.7. The maximum atomic E-state index is 14.6. The van der Waals surface area contributed by atoms with E-state index in [1.807, 2.05) is 45.0 Å². The average Bonchev–Trinajstić information content (AvgIpc) is 4.08. The second kappa shape index (κ2) is 17.3. The second-order valence-electron chi connectivity index (χ2n) is 16.8. The van der Waals surface area contributed by atoms with Gasteiger partial charge in [-0.1, -0.05) is 78.6 Å². The van der Waals surface area contributed by atoms with E-state index >= 15 is 0 Å². The van der Waals surface area contributed by atoms with Crippen LogP contribution in [0.15, 0.2) is 24.3 Å². The number of rotatable bonds is 15. The number of carbonyl (C=O) groups is 7. The van der Waals surface area contributed by atoms with Crippen molar-refractivity contribution in [2.75, 3.05) is 13.1 Å². The molecule has 0 aromatic heterocycles. The molecule has 54 heavy (non-hydrogen) atoms. The Morgan fingerprint density at radius 3 is 2.22 bits per heavy atom. The van der Waals surface area contributed by atoms with Gasteiger partial charge in [0, 0.05) is 31.5 Å². The van der Waals surface area contributed by atoms with Crippen molar-refractivity contribution in [3.8, 4) is 0 Å². The maximum Gasteiger partial charge on any atom is 0.410 e. The zero-order valence-corrected chi connectivity index (χ0v) is 32.6. The molecule has 2 aliphatic carbocycles. The van der Waals surface area contributed by atoms with Crippen LogP contribution in [-0.4, -0.2) is 101 Å². The topological polar surface area (TPSA) is 183 Å². The lowest BCUT2D eigenvalue weighted by atomic mass is 9.85. The van der Waals surface area contributed by atoms with E-state index in [0.29, 0.717) is 25.9 Å². The summed E-state index contributed by atoms with van der Waals surface area (Å²) in [7, 11) is 0. The van der Waals surface area contributed by atoms with Crippen LogP contribution in [0.25, 0.3) is 0 Å². The molecule has 0 radical (unpaired) electrons. The molecule has 2 heterocycles. The molecular formula is C40H58N6O8. The summed E-state index contributed by atoms with van der Waals surface area (Å²) in [5.41, 5.74) is 1.33. The zero-order chi connectivity index (χ0) is 39.3. The highest BCUT2D eigenvalue weighted by atomic mass is 16.6. The lowest BCUT2D eigenvalue weighted by Gasteiger charge is -2.36. The van der Waals surface area contributed by atoms with E-state index in [1.54, 1.807) is 25.7 Å². The lowest BCUT2D eigenvalue weighted by molar-refractivity contribution is -0.144. The molecule has 2 saturated carbocycles. The number of urea groups is 1. The van der Waals surface area contributed by atoms with Gasteiger partial charge in [-0.15, -0.1) is 0 Å². The Labute approximate surface area is 318 Å². The predicted molar refractivity (Wildman–Crippen MR) is 200 cm³/mol. The fourth-order valence-corrected chi connectivity index (χ4v) is 7.15. The number of hydrogen-bond acceptors (Lipinski definition) is 8. The Kier molecular flexibility index (Phi) is 13.1. The minimum absolute atomic E-state index is 0.0325. The summed E-state index contributed by atoms with van der Waals surface area (Å²) in [6, 6.07) is 3.00. The molecule has 5 atom stereocenters. The Morgan fingerprint density at radius 2 is 1.61 bits per heavy atom. The van der Waals surface area contributed by atoms with Crippen LogP contribution in [0.3, 0.4) is 0 Å². The minimum Gasteiger partial charge on any atom is -0.444 e. The van der Waals surface area contributed by atoms with Crippen molar-refractivity contribution in [3.05, 3.63) is 35.4 Å². The van der Waals surface area contributed by atoms with Crippen molar-refractivity contribution in [2.24, 2.45) is 17.3 Å². The first-order valence-corrected chi connectivity index (χ1v) is 19.7. The van der Waals surface area contributed by atoms with E-state index in [4.69, 9.17) is 4.74 Å². The van der Waals surface area contributed by atoms with Crippen LogP contribution in [0.5, 0.6) is 0 Å². The van der Waals surface area contributed by atoms with Gasteiger partial charge in [-0.2, -0.15) is 0 Å². The Morgan fingerprint density at radius 1 is 0.926 bits per heavy atom. The van der Waals surface area contributed by atoms with Crippen molar-refractivity contribution in [2.45, 2.75) is 142 Å². The van der Waals surface area contributed by atoms with Gasteiger partial charge in [-0.25, -0.2) is 9.59 Å². The number of benzene rings is 1. The fraction of sp³-hybridized carbons (Fsp3) is 0.675. The van der Waals surface area contributed by atoms with Crippen molar-refractivity contribution in [1.82, 2.24) is 31.1 Å². The van der Waals surface area contributed by atoms with Crippen LogP contribution in [0, 0.1) is 17.3 Å². The predicted octanol–water partition coefficient (Wildman–Crippen LogP) is 3.39. The maximum absolute atomic E-state index is 14.6. The zero-order valence-electron chi connectivity index (χ0n) is 32.6. The molecule has 4 N–H and O–H groups in total. The van der Waals surface area contributed by atoms with Gasteiger partial charge in [0.15, 0.2) is 5.78 Å². The summed E-state index contributed by atoms with van der Waals surface area (Å²) in [4.78, 5) is 97.6. The molecule has 1 saturated heterocycles. The van der Waals surface area contributed by atoms with Gasteiger partial charge >= 0.3 is 12.1 Å². The third-order valence-electron chi connectivity index (χ3n) is 10.7. The van der Waals surface area contributed by atoms with E-state index in [1.165, 1.54) is 4.90 Å². The Hall–Kier alpha value is -4.49. The summed E-state index contributed by atoms with van der Waals surface area (Å²) in [6.07, 6.45) is 3.89. The van der Waals surface area contributed by atoms with E-state index in [0.717, 1.165) is 43.2 Å². The van der Waals surface area contributed by atoms with Gasteiger partial charge in [0.2, 0.25) is 17.6 Å². The van der Waals surface area contributed by atoms with Crippen molar-refractivity contribution < 1.29 is 38.3 Å². The first-order valence-electron chi connectivity index (χ1n) is 19.7. The van der Waals surface area contributed by atoms with Crippen LogP contribution in [0.2, 0.25) is 0 Å². The summed E-state index contributed by atoms with van der Waals surface area (Å²) >= 11 is 0.